The molecular weight excluding hydrogens is 527 g/mol. The molecule has 1 aliphatic rings. The Balaban J connectivity index is 1.29. The zero-order chi connectivity index (χ0) is 27.4. The summed E-state index contributed by atoms with van der Waals surface area (Å²) < 4.78 is 44.7. The van der Waals surface area contributed by atoms with Crippen LogP contribution in [0.15, 0.2) is 65.8 Å². The van der Waals surface area contributed by atoms with Crippen molar-refractivity contribution in [1.82, 2.24) is 24.8 Å². The number of ether oxygens (including phenoxy) is 1. The van der Waals surface area contributed by atoms with E-state index in [-0.39, 0.29) is 22.7 Å². The van der Waals surface area contributed by atoms with Crippen LogP contribution in [0.25, 0.3) is 10.9 Å². The maximum Gasteiger partial charge on any atom is 0.326 e. The number of amides is 1. The van der Waals surface area contributed by atoms with Crippen LogP contribution in [0.3, 0.4) is 0 Å². The first-order valence-corrected chi connectivity index (χ1v) is 13.7. The lowest BCUT2D eigenvalue weighted by Crippen LogP contribution is -2.42. The molecule has 2 aromatic carbocycles. The number of rotatable bonds is 8. The normalized spacial score (nSPS) is 14.3. The predicted molar refractivity (Wildman–Crippen MR) is 144 cm³/mol. The van der Waals surface area contributed by atoms with Gasteiger partial charge in [0, 0.05) is 49.1 Å². The Kier molecular flexibility index (Phi) is 7.70. The number of morpholine rings is 1. The van der Waals surface area contributed by atoms with Crippen molar-refractivity contribution in [1.29, 1.82) is 0 Å². The fourth-order valence-corrected chi connectivity index (χ4v) is 4.71. The molecule has 0 radical (unpaired) electrons. The van der Waals surface area contributed by atoms with Crippen molar-refractivity contribution in [2.45, 2.75) is 4.90 Å². The number of primary sulfonamides is 1. The number of benzene rings is 2. The zero-order valence-electron chi connectivity index (χ0n) is 20.8. The van der Waals surface area contributed by atoms with Crippen LogP contribution >= 0.6 is 0 Å². The summed E-state index contributed by atoms with van der Waals surface area (Å²) in [5, 5.41) is 14.7. The lowest BCUT2D eigenvalue weighted by molar-refractivity contribution is 0.0387. The third-order valence-corrected chi connectivity index (χ3v) is 7.06. The number of aromatic nitrogens is 3. The van der Waals surface area contributed by atoms with Crippen LogP contribution < -0.4 is 21.1 Å². The Morgan fingerprint density at radius 3 is 2.67 bits per heavy atom. The summed E-state index contributed by atoms with van der Waals surface area (Å²) in [6.45, 7) is 4.31. The number of nitrogens with one attached hydrogen (secondary N) is 3. The monoisotopic (exact) mass is 554 g/mol. The van der Waals surface area contributed by atoms with E-state index in [1.165, 1.54) is 22.8 Å². The van der Waals surface area contributed by atoms with Crippen LogP contribution in [-0.4, -0.2) is 73.3 Å². The fraction of sp³-hybridized carbons (Fsp3) is 0.240. The predicted octanol–water partition coefficient (Wildman–Crippen LogP) is 2.59. The van der Waals surface area contributed by atoms with Gasteiger partial charge in [-0.3, -0.25) is 9.47 Å². The van der Waals surface area contributed by atoms with Gasteiger partial charge in [0.15, 0.2) is 11.6 Å². The summed E-state index contributed by atoms with van der Waals surface area (Å²) >= 11 is 0. The highest BCUT2D eigenvalue weighted by molar-refractivity contribution is 7.89. The van der Waals surface area contributed by atoms with E-state index in [9.17, 15) is 17.6 Å². The van der Waals surface area contributed by atoms with Crippen molar-refractivity contribution >= 4 is 50.1 Å². The second-order valence-corrected chi connectivity index (χ2v) is 10.4. The van der Waals surface area contributed by atoms with Gasteiger partial charge in [-0.15, -0.1) is 0 Å². The number of hydrogen-bond acceptors (Lipinski definition) is 9. The number of carbonyl (C=O) groups excluding carboxylic acids is 1. The van der Waals surface area contributed by atoms with Gasteiger partial charge in [0.1, 0.15) is 0 Å². The Hall–Kier alpha value is -4.11. The molecule has 5 N–H and O–H groups in total. The molecular formula is C25H27FN8O4S. The van der Waals surface area contributed by atoms with Gasteiger partial charge in [0.25, 0.3) is 0 Å². The molecule has 1 fully saturated rings. The van der Waals surface area contributed by atoms with Crippen molar-refractivity contribution in [3.63, 3.8) is 0 Å². The quantitative estimate of drug-likeness (QED) is 0.257. The molecule has 1 aliphatic heterocycles. The summed E-state index contributed by atoms with van der Waals surface area (Å²) in [5.41, 5.74) is 1.50. The zero-order valence-corrected chi connectivity index (χ0v) is 21.6. The lowest BCUT2D eigenvalue weighted by atomic mass is 10.2. The number of halogens is 1. The van der Waals surface area contributed by atoms with E-state index in [2.05, 4.69) is 30.8 Å². The summed E-state index contributed by atoms with van der Waals surface area (Å²) in [5.74, 6) is -0.771. The molecule has 14 heteroatoms. The van der Waals surface area contributed by atoms with E-state index in [0.717, 1.165) is 31.2 Å². The minimum Gasteiger partial charge on any atom is -0.379 e. The Morgan fingerprint density at radius 1 is 1.08 bits per heavy atom. The van der Waals surface area contributed by atoms with Crippen molar-refractivity contribution in [2.75, 3.05) is 50.0 Å². The summed E-state index contributed by atoms with van der Waals surface area (Å²) in [6, 6.07) is 12.6. The van der Waals surface area contributed by atoms with Crippen molar-refractivity contribution in [2.24, 2.45) is 5.14 Å². The molecule has 5 rings (SSSR count). The number of nitrogens with zero attached hydrogens (tertiary/aromatic N) is 4. The largest absolute Gasteiger partial charge is 0.379 e. The van der Waals surface area contributed by atoms with Crippen LogP contribution in [0.5, 0.6) is 0 Å². The van der Waals surface area contributed by atoms with E-state index in [4.69, 9.17) is 9.88 Å². The van der Waals surface area contributed by atoms with E-state index in [1.807, 2.05) is 12.1 Å². The highest BCUT2D eigenvalue weighted by Crippen LogP contribution is 2.25. The molecule has 204 valence electrons. The molecule has 4 aromatic rings. The topological polar surface area (TPSA) is 156 Å². The molecule has 0 spiro atoms. The van der Waals surface area contributed by atoms with Crippen LogP contribution in [-0.2, 0) is 14.8 Å². The Bertz CT molecular complexity index is 1600. The minimum absolute atomic E-state index is 0.0366. The Morgan fingerprint density at radius 2 is 1.87 bits per heavy atom. The highest BCUT2D eigenvalue weighted by atomic mass is 32.2. The van der Waals surface area contributed by atoms with E-state index in [1.54, 1.807) is 24.4 Å². The summed E-state index contributed by atoms with van der Waals surface area (Å²) in [6.07, 6.45) is 2.67. The first-order valence-electron chi connectivity index (χ1n) is 12.2. The summed E-state index contributed by atoms with van der Waals surface area (Å²) in [4.78, 5) is 23.1. The van der Waals surface area contributed by atoms with Crippen molar-refractivity contribution in [3.8, 4) is 0 Å². The molecule has 39 heavy (non-hydrogen) atoms. The van der Waals surface area contributed by atoms with E-state index >= 15 is 0 Å². The molecule has 3 heterocycles. The standard InChI is InChI=1S/C25H27FN8O4S/c26-21-16-29-24(31-18-2-1-3-20(14-18)39(27,36)37)32-23(21)30-19-5-4-17-6-8-34(22(17)15-19)25(35)28-7-9-33-10-12-38-13-11-33/h1-6,8,14-16H,7,9-13H2,(H,28,35)(H2,27,36,37)(H2,29,30,31,32). The Labute approximate surface area is 224 Å². The number of anilines is 4. The van der Waals surface area contributed by atoms with Crippen molar-refractivity contribution < 1.29 is 22.3 Å². The van der Waals surface area contributed by atoms with Gasteiger partial charge in [-0.25, -0.2) is 27.7 Å². The van der Waals surface area contributed by atoms with Gasteiger partial charge >= 0.3 is 6.03 Å². The molecule has 0 bridgehead atoms. The number of sulfonamides is 1. The maximum atomic E-state index is 14.6. The molecule has 0 saturated carbocycles. The first kappa shape index (κ1) is 26.5. The van der Waals surface area contributed by atoms with Gasteiger partial charge < -0.3 is 20.7 Å². The third-order valence-electron chi connectivity index (χ3n) is 6.15. The lowest BCUT2D eigenvalue weighted by Gasteiger charge is -2.26. The number of nitrogens with two attached hydrogens (primary N) is 1. The smallest absolute Gasteiger partial charge is 0.326 e. The highest BCUT2D eigenvalue weighted by Gasteiger charge is 2.14. The molecule has 1 saturated heterocycles. The third kappa shape index (κ3) is 6.49. The molecule has 2 aromatic heterocycles. The number of fused-ring (bicyclic) bond motifs is 1. The molecule has 0 atom stereocenters. The van der Waals surface area contributed by atoms with Crippen LogP contribution in [0.1, 0.15) is 0 Å². The summed E-state index contributed by atoms with van der Waals surface area (Å²) in [7, 11) is -3.90. The van der Waals surface area contributed by atoms with Gasteiger partial charge in [0.05, 0.1) is 29.8 Å². The van der Waals surface area contributed by atoms with Gasteiger partial charge in [-0.2, -0.15) is 4.98 Å². The molecule has 0 unspecified atom stereocenters. The first-order chi connectivity index (χ1) is 18.8. The van der Waals surface area contributed by atoms with Gasteiger partial charge in [0.2, 0.25) is 16.0 Å². The SMILES string of the molecule is NS(=O)(=O)c1cccc(Nc2ncc(F)c(Nc3ccc4ccn(C(=O)NCCN5CCOCC5)c4c3)n2)c1. The molecule has 1 amide bonds. The van der Waals surface area contributed by atoms with Crippen LogP contribution in [0.4, 0.5) is 32.3 Å². The van der Waals surface area contributed by atoms with Crippen LogP contribution in [0, 0.1) is 5.82 Å². The molecule has 12 nitrogen and oxygen atoms in total. The number of carbonyl (C=O) groups is 1. The van der Waals surface area contributed by atoms with E-state index < -0.39 is 15.8 Å². The van der Waals surface area contributed by atoms with Gasteiger partial charge in [-0.05, 0) is 36.4 Å². The average Bonchev–Trinajstić information content (AvgIpc) is 3.34. The second kappa shape index (κ2) is 11.3. The second-order valence-electron chi connectivity index (χ2n) is 8.86. The van der Waals surface area contributed by atoms with Crippen LogP contribution in [0.2, 0.25) is 0 Å². The minimum atomic E-state index is -3.90. The fourth-order valence-electron chi connectivity index (χ4n) is 4.15. The number of hydrogen-bond donors (Lipinski definition) is 4. The van der Waals surface area contributed by atoms with Crippen molar-refractivity contribution in [3.05, 3.63) is 66.7 Å². The average molecular weight is 555 g/mol. The maximum absolute atomic E-state index is 14.6. The van der Waals surface area contributed by atoms with E-state index in [0.29, 0.717) is 36.6 Å². The molecule has 0 aliphatic carbocycles. The van der Waals surface area contributed by atoms with Gasteiger partial charge in [-0.1, -0.05) is 12.1 Å².